The summed E-state index contributed by atoms with van der Waals surface area (Å²) in [7, 11) is 0. The monoisotopic (exact) mass is 242 g/mol. The van der Waals surface area contributed by atoms with Crippen molar-refractivity contribution in [1.29, 1.82) is 0 Å². The van der Waals surface area contributed by atoms with E-state index in [0.29, 0.717) is 12.0 Å². The van der Waals surface area contributed by atoms with E-state index >= 15 is 0 Å². The summed E-state index contributed by atoms with van der Waals surface area (Å²) in [6.07, 6.45) is 3.19. The lowest BCUT2D eigenvalue weighted by Gasteiger charge is -2.10. The zero-order valence-corrected chi connectivity index (χ0v) is 9.65. The van der Waals surface area contributed by atoms with Crippen molar-refractivity contribution in [2.45, 2.75) is 18.9 Å². The molecule has 1 aromatic rings. The maximum Gasteiger partial charge on any atom is 0.274 e. The third kappa shape index (κ3) is 3.64. The van der Waals surface area contributed by atoms with Crippen molar-refractivity contribution in [2.75, 3.05) is 0 Å². The van der Waals surface area contributed by atoms with Crippen molar-refractivity contribution in [3.8, 4) is 0 Å². The topological polar surface area (TPSA) is 69.2 Å². The maximum atomic E-state index is 10.7. The van der Waals surface area contributed by atoms with Crippen LogP contribution in [-0.2, 0) is 0 Å². The van der Waals surface area contributed by atoms with Crippen molar-refractivity contribution < 1.29 is 4.92 Å². The average molecular weight is 243 g/mol. The number of nitro groups is 1. The van der Waals surface area contributed by atoms with Gasteiger partial charge in [-0.3, -0.25) is 10.1 Å². The number of halogens is 1. The molecule has 5 heteroatoms. The molecular weight excluding hydrogens is 228 g/mol. The van der Waals surface area contributed by atoms with Gasteiger partial charge >= 0.3 is 0 Å². The summed E-state index contributed by atoms with van der Waals surface area (Å²) in [6, 6.07) is 6.28. The predicted molar refractivity (Wildman–Crippen MR) is 66.7 cm³/mol. The molecule has 0 saturated heterocycles. The van der Waals surface area contributed by atoms with Crippen LogP contribution in [0.5, 0.6) is 0 Å². The molecule has 0 aliphatic heterocycles. The number of nitro benzene ring substituents is 1. The van der Waals surface area contributed by atoms with Gasteiger partial charge in [-0.25, -0.2) is 0 Å². The molecule has 16 heavy (non-hydrogen) atoms. The highest BCUT2D eigenvalue weighted by Crippen LogP contribution is 2.25. The van der Waals surface area contributed by atoms with Crippen LogP contribution in [0, 0.1) is 10.1 Å². The van der Waals surface area contributed by atoms with Crippen molar-refractivity contribution >= 4 is 18.1 Å². The fraction of sp³-hybridized carbons (Fsp3) is 0.273. The first-order valence-electron chi connectivity index (χ1n) is 4.76. The molecule has 0 aliphatic rings. The second-order valence-corrected chi connectivity index (χ2v) is 3.29. The molecule has 0 fully saturated rings. The maximum absolute atomic E-state index is 10.7. The third-order valence-electron chi connectivity index (χ3n) is 2.21. The van der Waals surface area contributed by atoms with Crippen LogP contribution < -0.4 is 5.73 Å². The van der Waals surface area contributed by atoms with Gasteiger partial charge in [0.1, 0.15) is 0 Å². The molecule has 0 radical (unpaired) electrons. The minimum absolute atomic E-state index is 0. The van der Waals surface area contributed by atoms with Crippen molar-refractivity contribution in [2.24, 2.45) is 5.73 Å². The minimum atomic E-state index is -0.400. The van der Waals surface area contributed by atoms with E-state index in [1.54, 1.807) is 24.3 Å². The molecule has 1 rings (SSSR count). The van der Waals surface area contributed by atoms with E-state index in [0.717, 1.165) is 6.42 Å². The fourth-order valence-electron chi connectivity index (χ4n) is 1.42. The lowest BCUT2D eigenvalue weighted by Crippen LogP contribution is -2.11. The van der Waals surface area contributed by atoms with Gasteiger partial charge < -0.3 is 5.73 Å². The SMILES string of the molecule is C=CCC[C@H](N)c1ccccc1[N+](=O)[O-].Cl. The molecule has 1 atom stereocenters. The predicted octanol–water partition coefficient (Wildman–Crippen LogP) is 2.98. The Morgan fingerprint density at radius 1 is 1.50 bits per heavy atom. The van der Waals surface area contributed by atoms with Crippen LogP contribution in [0.2, 0.25) is 0 Å². The summed E-state index contributed by atoms with van der Waals surface area (Å²) >= 11 is 0. The van der Waals surface area contributed by atoms with Crippen LogP contribution in [0.25, 0.3) is 0 Å². The highest BCUT2D eigenvalue weighted by atomic mass is 35.5. The molecule has 0 heterocycles. The molecule has 4 nitrogen and oxygen atoms in total. The number of benzene rings is 1. The second kappa shape index (κ2) is 6.98. The molecule has 1 aromatic carbocycles. The van der Waals surface area contributed by atoms with Crippen LogP contribution in [0.1, 0.15) is 24.4 Å². The minimum Gasteiger partial charge on any atom is -0.324 e. The second-order valence-electron chi connectivity index (χ2n) is 3.29. The molecule has 0 amide bonds. The molecule has 2 N–H and O–H groups in total. The summed E-state index contributed by atoms with van der Waals surface area (Å²) in [5, 5.41) is 10.7. The summed E-state index contributed by atoms with van der Waals surface area (Å²) < 4.78 is 0. The van der Waals surface area contributed by atoms with Gasteiger partial charge in [-0.05, 0) is 12.8 Å². The zero-order chi connectivity index (χ0) is 11.3. The summed E-state index contributed by atoms with van der Waals surface area (Å²) in [5.74, 6) is 0. The highest BCUT2D eigenvalue weighted by Gasteiger charge is 2.17. The fourth-order valence-corrected chi connectivity index (χ4v) is 1.42. The smallest absolute Gasteiger partial charge is 0.274 e. The number of nitrogens with zero attached hydrogens (tertiary/aromatic N) is 1. The average Bonchev–Trinajstić information content (AvgIpc) is 2.25. The van der Waals surface area contributed by atoms with Crippen molar-refractivity contribution in [3.63, 3.8) is 0 Å². The number of nitrogens with two attached hydrogens (primary N) is 1. The van der Waals surface area contributed by atoms with Gasteiger partial charge in [0.25, 0.3) is 5.69 Å². The first-order chi connectivity index (χ1) is 7.16. The lowest BCUT2D eigenvalue weighted by atomic mass is 10.0. The third-order valence-corrected chi connectivity index (χ3v) is 2.21. The van der Waals surface area contributed by atoms with E-state index in [1.165, 1.54) is 6.07 Å². The first-order valence-corrected chi connectivity index (χ1v) is 4.76. The molecule has 0 aliphatic carbocycles. The van der Waals surface area contributed by atoms with E-state index in [9.17, 15) is 10.1 Å². The summed E-state index contributed by atoms with van der Waals surface area (Å²) in [5.41, 5.74) is 6.55. The standard InChI is InChI=1S/C11H14N2O2.ClH/c1-2-3-7-10(12)9-6-4-5-8-11(9)13(14)15;/h2,4-6,8,10H,1,3,7,12H2;1H/t10-;/m0./s1. The summed E-state index contributed by atoms with van der Waals surface area (Å²) in [6.45, 7) is 3.59. The Bertz CT molecular complexity index is 369. The molecule has 88 valence electrons. The Balaban J connectivity index is 0.00000225. The van der Waals surface area contributed by atoms with Gasteiger partial charge in [0.05, 0.1) is 4.92 Å². The van der Waals surface area contributed by atoms with Gasteiger partial charge in [-0.15, -0.1) is 19.0 Å². The number of hydrogen-bond acceptors (Lipinski definition) is 3. The van der Waals surface area contributed by atoms with Crippen LogP contribution in [0.4, 0.5) is 5.69 Å². The first kappa shape index (κ1) is 14.6. The van der Waals surface area contributed by atoms with Gasteiger partial charge in [0.15, 0.2) is 0 Å². The largest absolute Gasteiger partial charge is 0.324 e. The number of hydrogen-bond donors (Lipinski definition) is 1. The lowest BCUT2D eigenvalue weighted by molar-refractivity contribution is -0.385. The Kier molecular flexibility index (Phi) is 6.37. The van der Waals surface area contributed by atoms with Crippen LogP contribution in [0.15, 0.2) is 36.9 Å². The molecule has 0 spiro atoms. The van der Waals surface area contributed by atoms with Crippen LogP contribution in [0.3, 0.4) is 0 Å². The van der Waals surface area contributed by atoms with E-state index in [4.69, 9.17) is 5.73 Å². The summed E-state index contributed by atoms with van der Waals surface area (Å²) in [4.78, 5) is 10.3. The quantitative estimate of drug-likeness (QED) is 0.490. The van der Waals surface area contributed by atoms with Gasteiger partial charge in [-0.2, -0.15) is 0 Å². The Hall–Kier alpha value is -1.39. The zero-order valence-electron chi connectivity index (χ0n) is 8.83. The van der Waals surface area contributed by atoms with Gasteiger partial charge in [0.2, 0.25) is 0 Å². The van der Waals surface area contributed by atoms with Crippen LogP contribution in [-0.4, -0.2) is 4.92 Å². The van der Waals surface area contributed by atoms with Crippen molar-refractivity contribution in [3.05, 3.63) is 52.6 Å². The molecule has 0 bridgehead atoms. The number of para-hydroxylation sites is 1. The molecule has 0 unspecified atom stereocenters. The Morgan fingerprint density at radius 2 is 2.12 bits per heavy atom. The van der Waals surface area contributed by atoms with Gasteiger partial charge in [-0.1, -0.05) is 24.3 Å². The van der Waals surface area contributed by atoms with Crippen molar-refractivity contribution in [1.82, 2.24) is 0 Å². The van der Waals surface area contributed by atoms with Gasteiger partial charge in [0, 0.05) is 17.7 Å². The van der Waals surface area contributed by atoms with E-state index < -0.39 is 4.92 Å². The molecule has 0 aromatic heterocycles. The number of allylic oxidation sites excluding steroid dienone is 1. The van der Waals surface area contributed by atoms with Crippen LogP contribution >= 0.6 is 12.4 Å². The van der Waals surface area contributed by atoms with E-state index in [2.05, 4.69) is 6.58 Å². The Morgan fingerprint density at radius 3 is 2.69 bits per heavy atom. The molecular formula is C11H15ClN2O2. The van der Waals surface area contributed by atoms with E-state index in [1.807, 2.05) is 0 Å². The highest BCUT2D eigenvalue weighted by molar-refractivity contribution is 5.85. The normalized spacial score (nSPS) is 11.3. The molecule has 0 saturated carbocycles. The Labute approximate surface area is 101 Å². The van der Waals surface area contributed by atoms with E-state index in [-0.39, 0.29) is 24.1 Å². The number of rotatable bonds is 5.